The Kier molecular flexibility index (Phi) is 3.80. The summed E-state index contributed by atoms with van der Waals surface area (Å²) in [5.41, 5.74) is 7.60. The number of nitrogens with two attached hydrogens (primary N) is 1. The molecule has 3 nitrogen and oxygen atoms in total. The Bertz CT molecular complexity index is 581. The molecule has 98 valence electrons. The Labute approximate surface area is 111 Å². The van der Waals surface area contributed by atoms with E-state index in [1.54, 1.807) is 30.1 Å². The van der Waals surface area contributed by atoms with Crippen LogP contribution in [0.2, 0.25) is 0 Å². The monoisotopic (exact) mass is 258 g/mol. The lowest BCUT2D eigenvalue weighted by Gasteiger charge is -2.17. The van der Waals surface area contributed by atoms with Gasteiger partial charge in [-0.05, 0) is 35.9 Å². The Morgan fingerprint density at radius 2 is 1.89 bits per heavy atom. The molecule has 0 unspecified atom stereocenters. The van der Waals surface area contributed by atoms with Crippen molar-refractivity contribution >= 4 is 11.6 Å². The van der Waals surface area contributed by atoms with Crippen molar-refractivity contribution in [3.05, 3.63) is 65.5 Å². The molecule has 0 aliphatic carbocycles. The van der Waals surface area contributed by atoms with Crippen LogP contribution in [0.5, 0.6) is 0 Å². The Morgan fingerprint density at radius 1 is 1.21 bits per heavy atom. The first-order valence-electron chi connectivity index (χ1n) is 5.92. The molecule has 1 amide bonds. The molecule has 0 atom stereocenters. The molecule has 0 saturated carbocycles. The molecule has 2 rings (SSSR count). The number of anilines is 1. The van der Waals surface area contributed by atoms with E-state index in [0.29, 0.717) is 17.8 Å². The summed E-state index contributed by atoms with van der Waals surface area (Å²) in [5, 5.41) is 0. The van der Waals surface area contributed by atoms with Crippen LogP contribution in [0.15, 0.2) is 48.5 Å². The highest BCUT2D eigenvalue weighted by molar-refractivity contribution is 5.94. The van der Waals surface area contributed by atoms with Gasteiger partial charge in [0.1, 0.15) is 5.82 Å². The minimum absolute atomic E-state index is 0.212. The number of rotatable bonds is 3. The minimum atomic E-state index is -0.410. The second-order valence-electron chi connectivity index (χ2n) is 4.41. The van der Waals surface area contributed by atoms with Crippen LogP contribution in [-0.4, -0.2) is 17.9 Å². The lowest BCUT2D eigenvalue weighted by molar-refractivity contribution is 0.0784. The van der Waals surface area contributed by atoms with Crippen molar-refractivity contribution in [2.24, 2.45) is 0 Å². The quantitative estimate of drug-likeness (QED) is 0.860. The summed E-state index contributed by atoms with van der Waals surface area (Å²) >= 11 is 0. The maximum Gasteiger partial charge on any atom is 0.253 e. The van der Waals surface area contributed by atoms with Crippen molar-refractivity contribution in [3.63, 3.8) is 0 Å². The number of halogens is 1. The molecule has 0 saturated heterocycles. The zero-order chi connectivity index (χ0) is 13.8. The molecule has 0 aromatic heterocycles. The highest BCUT2D eigenvalue weighted by Gasteiger charge is 2.12. The summed E-state index contributed by atoms with van der Waals surface area (Å²) in [5.74, 6) is -0.622. The number of benzene rings is 2. The number of carbonyl (C=O) groups excluding carboxylic acids is 1. The molecule has 0 aliphatic heterocycles. The molecule has 2 aromatic rings. The maximum atomic E-state index is 13.1. The number of carbonyl (C=O) groups is 1. The van der Waals surface area contributed by atoms with Crippen molar-refractivity contribution in [2.75, 3.05) is 12.8 Å². The van der Waals surface area contributed by atoms with Crippen LogP contribution < -0.4 is 5.73 Å². The topological polar surface area (TPSA) is 46.3 Å². The van der Waals surface area contributed by atoms with Crippen molar-refractivity contribution < 1.29 is 9.18 Å². The van der Waals surface area contributed by atoms with Gasteiger partial charge in [0, 0.05) is 24.8 Å². The largest absolute Gasteiger partial charge is 0.399 e. The second-order valence-corrected chi connectivity index (χ2v) is 4.41. The Morgan fingerprint density at radius 3 is 2.53 bits per heavy atom. The number of amides is 1. The van der Waals surface area contributed by atoms with Crippen LogP contribution in [0.4, 0.5) is 10.1 Å². The van der Waals surface area contributed by atoms with Gasteiger partial charge in [-0.2, -0.15) is 0 Å². The summed E-state index contributed by atoms with van der Waals surface area (Å²) in [6.07, 6.45) is 0. The van der Waals surface area contributed by atoms with Gasteiger partial charge >= 0.3 is 0 Å². The second kappa shape index (κ2) is 5.52. The van der Waals surface area contributed by atoms with Crippen LogP contribution in [0, 0.1) is 5.82 Å². The van der Waals surface area contributed by atoms with E-state index in [9.17, 15) is 9.18 Å². The van der Waals surface area contributed by atoms with Crippen molar-refractivity contribution in [1.82, 2.24) is 4.90 Å². The van der Waals surface area contributed by atoms with E-state index in [4.69, 9.17) is 5.73 Å². The third-order valence-electron chi connectivity index (χ3n) is 2.82. The predicted octanol–water partition coefficient (Wildman–Crippen LogP) is 2.68. The molecule has 0 aliphatic rings. The van der Waals surface area contributed by atoms with E-state index in [1.165, 1.54) is 18.2 Å². The highest BCUT2D eigenvalue weighted by atomic mass is 19.1. The average Bonchev–Trinajstić information content (AvgIpc) is 2.40. The van der Waals surface area contributed by atoms with Crippen molar-refractivity contribution in [3.8, 4) is 0 Å². The first-order valence-corrected chi connectivity index (χ1v) is 5.92. The number of hydrogen-bond donors (Lipinski definition) is 1. The first kappa shape index (κ1) is 13.1. The van der Waals surface area contributed by atoms with E-state index in [2.05, 4.69) is 0 Å². The van der Waals surface area contributed by atoms with Gasteiger partial charge in [0.15, 0.2) is 0 Å². The molecule has 0 bridgehead atoms. The lowest BCUT2D eigenvalue weighted by Crippen LogP contribution is -2.26. The van der Waals surface area contributed by atoms with E-state index in [0.717, 1.165) is 5.56 Å². The smallest absolute Gasteiger partial charge is 0.253 e. The van der Waals surface area contributed by atoms with Crippen molar-refractivity contribution in [2.45, 2.75) is 6.54 Å². The van der Waals surface area contributed by atoms with Crippen LogP contribution in [0.3, 0.4) is 0 Å². The van der Waals surface area contributed by atoms with Gasteiger partial charge in [-0.1, -0.05) is 18.2 Å². The third kappa shape index (κ3) is 3.31. The molecular weight excluding hydrogens is 243 g/mol. The van der Waals surface area contributed by atoms with Gasteiger partial charge < -0.3 is 10.6 Å². The standard InChI is InChI=1S/C15H15FN2O/c1-18(10-11-5-7-14(17)8-6-11)15(19)12-3-2-4-13(16)9-12/h2-9H,10,17H2,1H3. The molecule has 0 fully saturated rings. The average molecular weight is 258 g/mol. The fourth-order valence-electron chi connectivity index (χ4n) is 1.81. The number of hydrogen-bond acceptors (Lipinski definition) is 2. The lowest BCUT2D eigenvalue weighted by atomic mass is 10.1. The molecule has 0 spiro atoms. The van der Waals surface area contributed by atoms with E-state index < -0.39 is 5.82 Å². The maximum absolute atomic E-state index is 13.1. The summed E-state index contributed by atoms with van der Waals surface area (Å²) in [7, 11) is 1.68. The van der Waals surface area contributed by atoms with Gasteiger partial charge in [0.05, 0.1) is 0 Å². The zero-order valence-corrected chi connectivity index (χ0v) is 10.6. The van der Waals surface area contributed by atoms with Gasteiger partial charge in [-0.15, -0.1) is 0 Å². The van der Waals surface area contributed by atoms with E-state index >= 15 is 0 Å². The normalized spacial score (nSPS) is 10.2. The molecule has 2 N–H and O–H groups in total. The van der Waals surface area contributed by atoms with Crippen LogP contribution in [0.1, 0.15) is 15.9 Å². The minimum Gasteiger partial charge on any atom is -0.399 e. The molecule has 0 heterocycles. The summed E-state index contributed by atoms with van der Waals surface area (Å²) in [6, 6.07) is 13.0. The van der Waals surface area contributed by atoms with Crippen LogP contribution >= 0.6 is 0 Å². The van der Waals surface area contributed by atoms with Gasteiger partial charge in [-0.3, -0.25) is 4.79 Å². The number of nitrogen functional groups attached to an aromatic ring is 1. The SMILES string of the molecule is CN(Cc1ccc(N)cc1)C(=O)c1cccc(F)c1. The van der Waals surface area contributed by atoms with Gasteiger partial charge in [-0.25, -0.2) is 4.39 Å². The van der Waals surface area contributed by atoms with Crippen LogP contribution in [0.25, 0.3) is 0 Å². The molecule has 4 heteroatoms. The van der Waals surface area contributed by atoms with E-state index in [1.807, 2.05) is 12.1 Å². The summed E-state index contributed by atoms with van der Waals surface area (Å²) in [6.45, 7) is 0.454. The summed E-state index contributed by atoms with van der Waals surface area (Å²) in [4.78, 5) is 13.6. The molecule has 0 radical (unpaired) electrons. The molecule has 2 aromatic carbocycles. The predicted molar refractivity (Wildman–Crippen MR) is 73.1 cm³/mol. The Hall–Kier alpha value is -2.36. The summed E-state index contributed by atoms with van der Waals surface area (Å²) < 4.78 is 13.1. The fraction of sp³-hybridized carbons (Fsp3) is 0.133. The van der Waals surface area contributed by atoms with Crippen molar-refractivity contribution in [1.29, 1.82) is 0 Å². The third-order valence-corrected chi connectivity index (χ3v) is 2.82. The van der Waals surface area contributed by atoms with Gasteiger partial charge in [0.2, 0.25) is 0 Å². The first-order chi connectivity index (χ1) is 9.06. The fourth-order valence-corrected chi connectivity index (χ4v) is 1.81. The number of nitrogens with zero attached hydrogens (tertiary/aromatic N) is 1. The molecule has 19 heavy (non-hydrogen) atoms. The van der Waals surface area contributed by atoms with Gasteiger partial charge in [0.25, 0.3) is 5.91 Å². The highest BCUT2D eigenvalue weighted by Crippen LogP contribution is 2.11. The van der Waals surface area contributed by atoms with Crippen LogP contribution in [-0.2, 0) is 6.54 Å². The zero-order valence-electron chi connectivity index (χ0n) is 10.6. The Balaban J connectivity index is 2.09. The molecular formula is C15H15FN2O. The van der Waals surface area contributed by atoms with E-state index in [-0.39, 0.29) is 5.91 Å².